The van der Waals surface area contributed by atoms with E-state index in [1.807, 2.05) is 18.2 Å². The molecule has 4 rings (SSSR count). The van der Waals surface area contributed by atoms with Gasteiger partial charge in [0.05, 0.1) is 29.8 Å². The summed E-state index contributed by atoms with van der Waals surface area (Å²) in [4.78, 5) is 8.31. The Hall–Kier alpha value is -2.80. The number of nitrogens with zero attached hydrogens (tertiary/aromatic N) is 2. The second-order valence-electron chi connectivity index (χ2n) is 6.98. The largest absolute Gasteiger partial charge is 0.496 e. The zero-order valence-corrected chi connectivity index (χ0v) is 14.8. The van der Waals surface area contributed by atoms with Crippen LogP contribution >= 0.6 is 0 Å². The average Bonchev–Trinajstić information content (AvgIpc) is 3.34. The van der Waals surface area contributed by atoms with Crippen molar-refractivity contribution in [3.8, 4) is 11.8 Å². The van der Waals surface area contributed by atoms with Crippen molar-refractivity contribution in [2.24, 2.45) is 5.92 Å². The number of nitrogens with one attached hydrogen (secondary N) is 1. The van der Waals surface area contributed by atoms with Gasteiger partial charge in [-0.1, -0.05) is 6.07 Å². The molecule has 1 aromatic heterocycles. The summed E-state index contributed by atoms with van der Waals surface area (Å²) >= 11 is 0. The summed E-state index contributed by atoms with van der Waals surface area (Å²) in [5.74, 6) is 2.70. The van der Waals surface area contributed by atoms with Crippen LogP contribution in [0.2, 0.25) is 0 Å². The van der Waals surface area contributed by atoms with E-state index in [4.69, 9.17) is 15.0 Å². The van der Waals surface area contributed by atoms with E-state index in [-0.39, 0.29) is 5.92 Å². The molecule has 0 aliphatic heterocycles. The fourth-order valence-electron chi connectivity index (χ4n) is 3.78. The lowest BCUT2D eigenvalue weighted by atomic mass is 9.88. The highest BCUT2D eigenvalue weighted by Crippen LogP contribution is 2.49. The highest BCUT2D eigenvalue weighted by molar-refractivity contribution is 5.77. The SMILES string of the molecule is COc1cc(C)cc(C)c1C(c1nc2ccc(C#N)cc2[nH]1)C1CC1. The highest BCUT2D eigenvalue weighted by Gasteiger charge is 2.38. The van der Waals surface area contributed by atoms with Gasteiger partial charge in [-0.25, -0.2) is 4.98 Å². The number of benzene rings is 2. The molecule has 1 atom stereocenters. The van der Waals surface area contributed by atoms with Gasteiger partial charge in [0.25, 0.3) is 0 Å². The number of hydrogen-bond donors (Lipinski definition) is 1. The Kier molecular flexibility index (Phi) is 3.73. The molecule has 0 bridgehead atoms. The maximum Gasteiger partial charge on any atom is 0.123 e. The van der Waals surface area contributed by atoms with Gasteiger partial charge >= 0.3 is 0 Å². The van der Waals surface area contributed by atoms with Crippen LogP contribution in [-0.4, -0.2) is 17.1 Å². The Labute approximate surface area is 147 Å². The molecule has 4 heteroatoms. The van der Waals surface area contributed by atoms with Crippen LogP contribution in [0.3, 0.4) is 0 Å². The first-order valence-electron chi connectivity index (χ1n) is 8.65. The van der Waals surface area contributed by atoms with Crippen LogP contribution in [0, 0.1) is 31.1 Å². The van der Waals surface area contributed by atoms with E-state index in [0.717, 1.165) is 22.6 Å². The molecular formula is C21H21N3O. The molecule has 126 valence electrons. The molecule has 4 nitrogen and oxygen atoms in total. The van der Waals surface area contributed by atoms with Crippen LogP contribution in [0.5, 0.6) is 5.75 Å². The number of methoxy groups -OCH3 is 1. The van der Waals surface area contributed by atoms with E-state index < -0.39 is 0 Å². The number of hydrogen-bond acceptors (Lipinski definition) is 3. The van der Waals surface area contributed by atoms with Crippen molar-refractivity contribution in [2.45, 2.75) is 32.6 Å². The molecule has 1 saturated carbocycles. The van der Waals surface area contributed by atoms with Crippen LogP contribution in [-0.2, 0) is 0 Å². The summed E-state index contributed by atoms with van der Waals surface area (Å²) in [5, 5.41) is 9.12. The van der Waals surface area contributed by atoms with Crippen molar-refractivity contribution in [3.05, 3.63) is 58.4 Å². The number of ether oxygens (including phenoxy) is 1. The highest BCUT2D eigenvalue weighted by atomic mass is 16.5. The van der Waals surface area contributed by atoms with E-state index in [9.17, 15) is 0 Å². The van der Waals surface area contributed by atoms with Gasteiger partial charge < -0.3 is 9.72 Å². The number of aromatic amines is 1. The molecule has 0 saturated heterocycles. The molecule has 1 aliphatic rings. The van der Waals surface area contributed by atoms with E-state index in [0.29, 0.717) is 11.5 Å². The third-order valence-electron chi connectivity index (χ3n) is 5.04. The third-order valence-corrected chi connectivity index (χ3v) is 5.04. The van der Waals surface area contributed by atoms with E-state index >= 15 is 0 Å². The molecule has 3 aromatic rings. The smallest absolute Gasteiger partial charge is 0.123 e. The lowest BCUT2D eigenvalue weighted by Crippen LogP contribution is -2.10. The summed E-state index contributed by atoms with van der Waals surface area (Å²) in [6.45, 7) is 4.24. The minimum absolute atomic E-state index is 0.202. The van der Waals surface area contributed by atoms with Gasteiger partial charge in [-0.05, 0) is 68.0 Å². The van der Waals surface area contributed by atoms with Gasteiger partial charge in [-0.15, -0.1) is 0 Å². The van der Waals surface area contributed by atoms with Gasteiger partial charge in [0.15, 0.2) is 0 Å². The van der Waals surface area contributed by atoms with Crippen molar-refractivity contribution in [1.82, 2.24) is 9.97 Å². The molecule has 0 radical (unpaired) electrons. The number of imidazole rings is 1. The fourth-order valence-corrected chi connectivity index (χ4v) is 3.78. The van der Waals surface area contributed by atoms with Crippen LogP contribution in [0.4, 0.5) is 0 Å². The minimum atomic E-state index is 0.202. The van der Waals surface area contributed by atoms with Crippen LogP contribution in [0.15, 0.2) is 30.3 Å². The molecule has 1 aliphatic carbocycles. The lowest BCUT2D eigenvalue weighted by molar-refractivity contribution is 0.404. The first-order valence-corrected chi connectivity index (χ1v) is 8.65. The second-order valence-corrected chi connectivity index (χ2v) is 6.98. The maximum atomic E-state index is 9.12. The van der Waals surface area contributed by atoms with Crippen molar-refractivity contribution < 1.29 is 4.74 Å². The van der Waals surface area contributed by atoms with E-state index in [1.54, 1.807) is 7.11 Å². The van der Waals surface area contributed by atoms with Crippen LogP contribution < -0.4 is 4.74 Å². The Bertz CT molecular complexity index is 992. The van der Waals surface area contributed by atoms with Gasteiger partial charge in [0.2, 0.25) is 0 Å². The number of nitriles is 1. The Balaban J connectivity index is 1.88. The van der Waals surface area contributed by atoms with Crippen molar-refractivity contribution >= 4 is 11.0 Å². The molecule has 1 fully saturated rings. The van der Waals surface area contributed by atoms with Crippen LogP contribution in [0.25, 0.3) is 11.0 Å². The fraction of sp³-hybridized carbons (Fsp3) is 0.333. The van der Waals surface area contributed by atoms with Gasteiger partial charge in [-0.3, -0.25) is 0 Å². The zero-order chi connectivity index (χ0) is 17.6. The van der Waals surface area contributed by atoms with Crippen molar-refractivity contribution in [1.29, 1.82) is 5.26 Å². The standard InChI is InChI=1S/C21H21N3O/c1-12-8-13(2)19(18(9-12)25-3)20(15-5-6-15)21-23-16-7-4-14(11-22)10-17(16)24-21/h4,7-10,15,20H,5-6H2,1-3H3,(H,23,24). The molecule has 1 unspecified atom stereocenters. The Morgan fingerprint density at radius 3 is 2.72 bits per heavy atom. The predicted molar refractivity (Wildman–Crippen MR) is 97.8 cm³/mol. The lowest BCUT2D eigenvalue weighted by Gasteiger charge is -2.21. The first-order chi connectivity index (χ1) is 12.1. The van der Waals surface area contributed by atoms with Gasteiger partial charge in [0, 0.05) is 11.5 Å². The quantitative estimate of drug-likeness (QED) is 0.760. The van der Waals surface area contributed by atoms with Crippen LogP contribution in [0.1, 0.15) is 46.8 Å². The molecule has 1 N–H and O–H groups in total. The Morgan fingerprint density at radius 1 is 1.24 bits per heavy atom. The van der Waals surface area contributed by atoms with Crippen molar-refractivity contribution in [2.75, 3.05) is 7.11 Å². The minimum Gasteiger partial charge on any atom is -0.496 e. The summed E-state index contributed by atoms with van der Waals surface area (Å²) in [6.07, 6.45) is 2.42. The molecule has 2 aromatic carbocycles. The summed E-state index contributed by atoms with van der Waals surface area (Å²) in [7, 11) is 1.74. The molecule has 0 amide bonds. The first kappa shape index (κ1) is 15.7. The maximum absolute atomic E-state index is 9.12. The van der Waals surface area contributed by atoms with E-state index in [2.05, 4.69) is 37.0 Å². The molecule has 1 heterocycles. The molecular weight excluding hydrogens is 310 g/mol. The average molecular weight is 331 g/mol. The third kappa shape index (κ3) is 2.76. The summed E-state index contributed by atoms with van der Waals surface area (Å²) in [6, 6.07) is 12.1. The van der Waals surface area contributed by atoms with Gasteiger partial charge in [0.1, 0.15) is 11.6 Å². The number of fused-ring (bicyclic) bond motifs is 1. The molecule has 25 heavy (non-hydrogen) atoms. The summed E-state index contributed by atoms with van der Waals surface area (Å²) < 4.78 is 5.71. The van der Waals surface area contributed by atoms with Gasteiger partial charge in [-0.2, -0.15) is 5.26 Å². The predicted octanol–water partition coefficient (Wildman–Crippen LogP) is 4.60. The molecule has 0 spiro atoms. The van der Waals surface area contributed by atoms with Crippen molar-refractivity contribution in [3.63, 3.8) is 0 Å². The monoisotopic (exact) mass is 331 g/mol. The second kappa shape index (κ2) is 5.93. The number of aryl methyl sites for hydroxylation is 2. The number of rotatable bonds is 4. The number of H-pyrrole nitrogens is 1. The zero-order valence-electron chi connectivity index (χ0n) is 14.8. The van der Waals surface area contributed by atoms with E-state index in [1.165, 1.54) is 29.5 Å². The number of aromatic nitrogens is 2. The normalized spacial score (nSPS) is 15.1. The topological polar surface area (TPSA) is 61.7 Å². The Morgan fingerprint density at radius 2 is 2.04 bits per heavy atom. The summed E-state index contributed by atoms with van der Waals surface area (Å²) in [5.41, 5.74) is 6.15.